The fourth-order valence-electron chi connectivity index (χ4n) is 3.22. The van der Waals surface area contributed by atoms with Gasteiger partial charge in [-0.15, -0.1) is 0 Å². The van der Waals surface area contributed by atoms with Gasteiger partial charge in [-0.05, 0) is 19.1 Å². The van der Waals surface area contributed by atoms with Crippen LogP contribution in [0, 0.1) is 11.3 Å². The molecule has 0 saturated carbocycles. The average Bonchev–Trinajstić information content (AvgIpc) is 2.73. The summed E-state index contributed by atoms with van der Waals surface area (Å²) in [6, 6.07) is 4.55. The highest BCUT2D eigenvalue weighted by Gasteiger charge is 2.29. The number of pyridine rings is 1. The lowest BCUT2D eigenvalue weighted by Crippen LogP contribution is -2.56. The largest absolute Gasteiger partial charge is 0.493 e. The Balaban J connectivity index is 1.64. The summed E-state index contributed by atoms with van der Waals surface area (Å²) in [4.78, 5) is 17.5. The lowest BCUT2D eigenvalue weighted by atomic mass is 10.1. The van der Waals surface area contributed by atoms with Gasteiger partial charge in [-0.2, -0.15) is 10.3 Å². The molecule has 0 amide bonds. The number of rotatable bonds is 6. The smallest absolute Gasteiger partial charge is 0.222 e. The first kappa shape index (κ1) is 21.5. The van der Waals surface area contributed by atoms with E-state index < -0.39 is 0 Å². The van der Waals surface area contributed by atoms with E-state index in [1.165, 1.54) is 6.21 Å². The van der Waals surface area contributed by atoms with Gasteiger partial charge in [-0.25, -0.2) is 9.98 Å². The molecular weight excluding hydrogens is 382 g/mol. The second-order valence-electron chi connectivity index (χ2n) is 6.90. The van der Waals surface area contributed by atoms with E-state index in [2.05, 4.69) is 30.8 Å². The van der Waals surface area contributed by atoms with Gasteiger partial charge in [-0.1, -0.05) is 6.08 Å². The molecule has 2 aliphatic heterocycles. The van der Waals surface area contributed by atoms with Gasteiger partial charge in [0.2, 0.25) is 5.96 Å². The van der Waals surface area contributed by atoms with E-state index in [1.807, 2.05) is 6.07 Å². The van der Waals surface area contributed by atoms with E-state index >= 15 is 0 Å². The van der Waals surface area contributed by atoms with Crippen molar-refractivity contribution in [2.75, 3.05) is 51.4 Å². The molecule has 1 aromatic rings. The number of methoxy groups -OCH3 is 1. The molecule has 1 aromatic heterocycles. The van der Waals surface area contributed by atoms with Crippen molar-refractivity contribution in [3.05, 3.63) is 36.1 Å². The van der Waals surface area contributed by atoms with Crippen LogP contribution in [0.2, 0.25) is 0 Å². The van der Waals surface area contributed by atoms with Gasteiger partial charge < -0.3 is 20.1 Å². The van der Waals surface area contributed by atoms with Gasteiger partial charge in [0.1, 0.15) is 0 Å². The summed E-state index contributed by atoms with van der Waals surface area (Å²) in [7, 11) is 1.58. The van der Waals surface area contributed by atoms with E-state index in [0.29, 0.717) is 23.2 Å². The summed E-state index contributed by atoms with van der Waals surface area (Å²) >= 11 is 0. The van der Waals surface area contributed by atoms with Crippen LogP contribution in [-0.4, -0.2) is 74.6 Å². The zero-order valence-electron chi connectivity index (χ0n) is 17.4. The number of aromatic nitrogens is 1. The number of aliphatic imine (C=N–C) groups is 2. The Morgan fingerprint density at radius 3 is 2.73 bits per heavy atom. The first-order valence-electron chi connectivity index (χ1n) is 9.86. The number of allylic oxidation sites excluding steroid dienone is 4. The van der Waals surface area contributed by atoms with Crippen LogP contribution in [-0.2, 0) is 4.74 Å². The van der Waals surface area contributed by atoms with Crippen LogP contribution in [0.15, 0.2) is 46.0 Å². The van der Waals surface area contributed by atoms with Gasteiger partial charge in [0.05, 0.1) is 44.3 Å². The number of ether oxygens (including phenoxy) is 2. The quantitative estimate of drug-likeness (QED) is 0.329. The number of nitrogens with zero attached hydrogens (tertiary/aromatic N) is 6. The Labute approximate surface area is 176 Å². The van der Waals surface area contributed by atoms with Crippen molar-refractivity contribution in [3.8, 4) is 11.8 Å². The molecule has 2 fully saturated rings. The molecule has 0 atom stereocenters. The van der Waals surface area contributed by atoms with Crippen molar-refractivity contribution in [1.29, 1.82) is 5.26 Å². The monoisotopic (exact) mass is 409 g/mol. The summed E-state index contributed by atoms with van der Waals surface area (Å²) < 4.78 is 10.8. The highest BCUT2D eigenvalue weighted by atomic mass is 16.5. The Kier molecular flexibility index (Phi) is 7.54. The van der Waals surface area contributed by atoms with Crippen LogP contribution < -0.4 is 15.4 Å². The Hall–Kier alpha value is -3.22. The number of hydrogen-bond acceptors (Lipinski definition) is 7. The third-order valence-corrected chi connectivity index (χ3v) is 5.08. The predicted octanol–water partition coefficient (Wildman–Crippen LogP) is 1.65. The molecule has 3 heterocycles. The van der Waals surface area contributed by atoms with Gasteiger partial charge in [-0.3, -0.25) is 4.90 Å². The fourth-order valence-corrected chi connectivity index (χ4v) is 3.22. The topological polar surface area (TPSA) is 112 Å². The molecule has 2 aliphatic rings. The molecule has 3 rings (SSSR count). The first-order valence-corrected chi connectivity index (χ1v) is 9.86. The van der Waals surface area contributed by atoms with Crippen LogP contribution in [0.5, 0.6) is 5.75 Å². The molecule has 2 saturated heterocycles. The van der Waals surface area contributed by atoms with Crippen LogP contribution >= 0.6 is 0 Å². The summed E-state index contributed by atoms with van der Waals surface area (Å²) in [5.41, 5.74) is 7.41. The van der Waals surface area contributed by atoms with Crippen molar-refractivity contribution in [2.24, 2.45) is 15.7 Å². The minimum atomic E-state index is 0.0496. The molecule has 0 aliphatic carbocycles. The summed E-state index contributed by atoms with van der Waals surface area (Å²) in [6.45, 7) is 7.35. The molecule has 30 heavy (non-hydrogen) atoms. The van der Waals surface area contributed by atoms with Crippen LogP contribution in [0.1, 0.15) is 6.92 Å². The van der Waals surface area contributed by atoms with Gasteiger partial charge in [0.15, 0.2) is 11.6 Å². The number of nitriles is 1. The standard InChI is InChI=1S/C21H27N7O2/c1-3-16(12-22)5-4-6-24-21(23)26-20-19(29-2)11-17(13-25-20)27-7-9-28(10-8-27)18-14-30-15-18/h3-6,11,13,18H,7-10,14-15H2,1-2H3,(H2,23,25,26)/b5-4+,16-3-,24-6+. The van der Waals surface area contributed by atoms with Crippen LogP contribution in [0.3, 0.4) is 0 Å². The predicted molar refractivity (Wildman–Crippen MR) is 117 cm³/mol. The lowest BCUT2D eigenvalue weighted by molar-refractivity contribution is -0.0660. The van der Waals surface area contributed by atoms with Crippen molar-refractivity contribution in [2.45, 2.75) is 13.0 Å². The highest BCUT2D eigenvalue weighted by Crippen LogP contribution is 2.30. The van der Waals surface area contributed by atoms with Crippen molar-refractivity contribution in [1.82, 2.24) is 9.88 Å². The van der Waals surface area contributed by atoms with Crippen LogP contribution in [0.25, 0.3) is 0 Å². The average molecular weight is 409 g/mol. The first-order chi connectivity index (χ1) is 14.6. The maximum atomic E-state index is 8.86. The summed E-state index contributed by atoms with van der Waals surface area (Å²) in [5.74, 6) is 0.960. The number of nitrogens with two attached hydrogens (primary N) is 1. The van der Waals surface area contributed by atoms with Crippen molar-refractivity contribution < 1.29 is 9.47 Å². The van der Waals surface area contributed by atoms with Gasteiger partial charge in [0.25, 0.3) is 0 Å². The molecule has 0 aromatic carbocycles. The van der Waals surface area contributed by atoms with Crippen molar-refractivity contribution in [3.63, 3.8) is 0 Å². The Morgan fingerprint density at radius 1 is 1.37 bits per heavy atom. The third kappa shape index (κ3) is 5.43. The summed E-state index contributed by atoms with van der Waals surface area (Å²) in [6.07, 6.45) is 8.24. The number of piperazine rings is 1. The molecule has 0 radical (unpaired) electrons. The molecule has 9 nitrogen and oxygen atoms in total. The normalized spacial score (nSPS) is 19.3. The SMILES string of the molecule is C/C=C(C#N)/C=C/C=N/C(N)=N\c1ncc(N2CCN(C3COC3)CC2)cc1OC. The third-order valence-electron chi connectivity index (χ3n) is 5.08. The number of guanidine groups is 1. The molecule has 158 valence electrons. The minimum Gasteiger partial charge on any atom is -0.493 e. The maximum absolute atomic E-state index is 8.86. The Bertz CT molecular complexity index is 889. The second-order valence-corrected chi connectivity index (χ2v) is 6.90. The minimum absolute atomic E-state index is 0.0496. The molecule has 0 spiro atoms. The van der Waals surface area contributed by atoms with E-state index in [0.717, 1.165) is 45.1 Å². The summed E-state index contributed by atoms with van der Waals surface area (Å²) in [5, 5.41) is 8.86. The lowest BCUT2D eigenvalue weighted by Gasteiger charge is -2.43. The van der Waals surface area contributed by atoms with E-state index in [4.69, 9.17) is 20.5 Å². The molecule has 0 bridgehead atoms. The highest BCUT2D eigenvalue weighted by molar-refractivity contribution is 5.91. The van der Waals surface area contributed by atoms with Crippen molar-refractivity contribution >= 4 is 23.7 Å². The van der Waals surface area contributed by atoms with Crippen LogP contribution in [0.4, 0.5) is 11.5 Å². The molecular formula is C21H27N7O2. The molecule has 2 N–H and O–H groups in total. The zero-order valence-corrected chi connectivity index (χ0v) is 17.4. The molecule has 0 unspecified atom stereocenters. The van der Waals surface area contributed by atoms with E-state index in [-0.39, 0.29) is 5.96 Å². The number of hydrogen-bond donors (Lipinski definition) is 1. The van der Waals surface area contributed by atoms with E-state index in [9.17, 15) is 0 Å². The number of anilines is 1. The van der Waals surface area contributed by atoms with E-state index in [1.54, 1.807) is 38.5 Å². The molecule has 9 heteroatoms. The fraction of sp³-hybridized carbons (Fsp3) is 0.429. The van der Waals surface area contributed by atoms with Gasteiger partial charge in [0, 0.05) is 44.0 Å². The Morgan fingerprint density at radius 2 is 2.13 bits per heavy atom. The van der Waals surface area contributed by atoms with Gasteiger partial charge >= 0.3 is 0 Å². The maximum Gasteiger partial charge on any atom is 0.222 e. The second kappa shape index (κ2) is 10.5. The zero-order chi connectivity index (χ0) is 21.3.